The van der Waals surface area contributed by atoms with Crippen LogP contribution in [0.3, 0.4) is 0 Å². The van der Waals surface area contributed by atoms with Gasteiger partial charge in [-0.05, 0) is 55.2 Å². The molecule has 0 aromatic heterocycles. The lowest BCUT2D eigenvalue weighted by molar-refractivity contribution is 0.104. The Morgan fingerprint density at radius 1 is 0.537 bits per heavy atom. The molecule has 0 heterocycles. The van der Waals surface area contributed by atoms with E-state index in [2.05, 4.69) is 65.8 Å². The average molecular weight is 765 g/mol. The van der Waals surface area contributed by atoms with E-state index in [0.717, 1.165) is 44.1 Å². The third-order valence-corrected chi connectivity index (χ3v) is 10.9. The first kappa shape index (κ1) is 47.8. The lowest BCUT2D eigenvalue weighted by atomic mass is 10.1. The van der Waals surface area contributed by atoms with E-state index in [0.29, 0.717) is 42.6 Å². The molecule has 0 bridgehead atoms. The maximum Gasteiger partial charge on any atom is 0.203 e. The van der Waals surface area contributed by atoms with Gasteiger partial charge in [-0.3, -0.25) is 4.79 Å². The van der Waals surface area contributed by atoms with Crippen LogP contribution in [-0.4, -0.2) is 30.4 Å². The van der Waals surface area contributed by atoms with Crippen molar-refractivity contribution in [1.82, 2.24) is 0 Å². The second-order valence-corrected chi connectivity index (χ2v) is 18.2. The van der Waals surface area contributed by atoms with Gasteiger partial charge in [-0.1, -0.05) is 195 Å². The number of carbonyl (C=O) groups excluding carboxylic acids is 1. The molecule has 0 unspecified atom stereocenters. The third kappa shape index (κ3) is 23.5. The van der Waals surface area contributed by atoms with Crippen molar-refractivity contribution in [3.8, 4) is 17.2 Å². The van der Waals surface area contributed by atoms with Gasteiger partial charge in [0, 0.05) is 15.2 Å². The summed E-state index contributed by atoms with van der Waals surface area (Å²) in [6.07, 6.45) is 33.5. The van der Waals surface area contributed by atoms with Crippen LogP contribution in [0, 0.1) is 0 Å². The molecule has 4 nitrogen and oxygen atoms in total. The van der Waals surface area contributed by atoms with E-state index in [1.807, 2.05) is 30.0 Å². The predicted molar refractivity (Wildman–Crippen MR) is 236 cm³/mol. The summed E-state index contributed by atoms with van der Waals surface area (Å²) in [6, 6.07) is 12.2. The number of unbranched alkanes of at least 4 members (excludes halogenated alkanes) is 21. The molecule has 5 heteroatoms. The summed E-state index contributed by atoms with van der Waals surface area (Å²) in [5, 5.41) is 0. The van der Waals surface area contributed by atoms with E-state index >= 15 is 0 Å². The molecule has 0 N–H and O–H groups in total. The lowest BCUT2D eigenvalue weighted by Gasteiger charge is -2.18. The second kappa shape index (κ2) is 30.8. The van der Waals surface area contributed by atoms with E-state index in [4.69, 9.17) is 14.2 Å². The van der Waals surface area contributed by atoms with Crippen LogP contribution in [0.2, 0.25) is 0 Å². The fourth-order valence-electron chi connectivity index (χ4n) is 6.59. The highest BCUT2D eigenvalue weighted by molar-refractivity contribution is 8.00. The molecule has 0 aliphatic heterocycles. The third-order valence-electron chi connectivity index (χ3n) is 9.79. The van der Waals surface area contributed by atoms with Gasteiger partial charge in [0.15, 0.2) is 17.3 Å². The maximum atomic E-state index is 13.7. The highest BCUT2D eigenvalue weighted by Gasteiger charge is 2.19. The van der Waals surface area contributed by atoms with Crippen LogP contribution in [0.15, 0.2) is 47.4 Å². The van der Waals surface area contributed by atoms with Crippen molar-refractivity contribution in [2.45, 2.75) is 205 Å². The van der Waals surface area contributed by atoms with Crippen molar-refractivity contribution in [2.24, 2.45) is 0 Å². The topological polar surface area (TPSA) is 44.8 Å². The normalized spacial score (nSPS) is 11.7. The van der Waals surface area contributed by atoms with Crippen LogP contribution in [0.25, 0.3) is 6.08 Å². The molecule has 2 aromatic carbocycles. The first-order valence-electron chi connectivity index (χ1n) is 22.3. The van der Waals surface area contributed by atoms with E-state index in [9.17, 15) is 4.79 Å². The smallest absolute Gasteiger partial charge is 0.203 e. The largest absolute Gasteiger partial charge is 0.490 e. The standard InChI is InChI=1S/C49H80O4S/c1-7-10-13-16-19-22-25-28-37-51-46-40-43(45(50)36-33-42-31-34-44(35-32-42)54-49(4,5)6)41-47(52-38-29-26-23-20-17-14-11-8-2)48(46)53-39-30-27-24-21-18-15-12-9-3/h31-36,40-41H,7-30,37-39H2,1-6H3. The van der Waals surface area contributed by atoms with Gasteiger partial charge in [-0.15, -0.1) is 11.8 Å². The Balaban J connectivity index is 2.19. The lowest BCUT2D eigenvalue weighted by Crippen LogP contribution is -2.08. The molecule has 2 aromatic rings. The molecule has 306 valence electrons. The monoisotopic (exact) mass is 765 g/mol. The van der Waals surface area contributed by atoms with Gasteiger partial charge >= 0.3 is 0 Å². The van der Waals surface area contributed by atoms with Crippen LogP contribution in [0.4, 0.5) is 0 Å². The highest BCUT2D eigenvalue weighted by atomic mass is 32.2. The molecule has 0 amide bonds. The molecule has 0 spiro atoms. The quantitative estimate of drug-likeness (QED) is 0.0307. The molecule has 0 saturated carbocycles. The van der Waals surface area contributed by atoms with Gasteiger partial charge < -0.3 is 14.2 Å². The Labute approximate surface area is 337 Å². The minimum atomic E-state index is -0.0633. The molecule has 54 heavy (non-hydrogen) atoms. The maximum absolute atomic E-state index is 13.7. The number of thioether (sulfide) groups is 1. The van der Waals surface area contributed by atoms with Gasteiger partial charge in [-0.2, -0.15) is 0 Å². The summed E-state index contributed by atoms with van der Waals surface area (Å²) in [7, 11) is 0. The number of ketones is 1. The second-order valence-electron chi connectivity index (χ2n) is 16.3. The van der Waals surface area contributed by atoms with Crippen LogP contribution in [0.5, 0.6) is 17.2 Å². The summed E-state index contributed by atoms with van der Waals surface area (Å²) in [4.78, 5) is 14.9. The van der Waals surface area contributed by atoms with Crippen LogP contribution < -0.4 is 14.2 Å². The number of carbonyl (C=O) groups is 1. The molecule has 2 rings (SSSR count). The summed E-state index contributed by atoms with van der Waals surface area (Å²) in [5.74, 6) is 1.86. The van der Waals surface area contributed by atoms with Crippen molar-refractivity contribution < 1.29 is 19.0 Å². The minimum absolute atomic E-state index is 0.0633. The first-order valence-corrected chi connectivity index (χ1v) is 23.2. The van der Waals surface area contributed by atoms with Gasteiger partial charge in [0.25, 0.3) is 0 Å². The van der Waals surface area contributed by atoms with Crippen molar-refractivity contribution in [2.75, 3.05) is 19.8 Å². The molecular weight excluding hydrogens is 685 g/mol. The summed E-state index contributed by atoms with van der Waals surface area (Å²) < 4.78 is 19.6. The molecule has 0 saturated heterocycles. The Morgan fingerprint density at radius 3 is 1.30 bits per heavy atom. The molecule has 0 radical (unpaired) electrons. The number of allylic oxidation sites excluding steroid dienone is 1. The molecule has 0 fully saturated rings. The summed E-state index contributed by atoms with van der Waals surface area (Å²) in [5.41, 5.74) is 1.58. The number of rotatable bonds is 34. The summed E-state index contributed by atoms with van der Waals surface area (Å²) >= 11 is 1.85. The van der Waals surface area contributed by atoms with Gasteiger partial charge in [0.05, 0.1) is 19.8 Å². The fourth-order valence-corrected chi connectivity index (χ4v) is 7.57. The Bertz CT molecular complexity index is 1200. The van der Waals surface area contributed by atoms with E-state index < -0.39 is 0 Å². The first-order chi connectivity index (χ1) is 26.3. The van der Waals surface area contributed by atoms with Gasteiger partial charge in [-0.25, -0.2) is 0 Å². The van der Waals surface area contributed by atoms with Gasteiger partial charge in [0.2, 0.25) is 5.75 Å². The predicted octanol–water partition coefficient (Wildman–Crippen LogP) is 16.0. The van der Waals surface area contributed by atoms with E-state index in [1.54, 1.807) is 6.08 Å². The fraction of sp³-hybridized carbons (Fsp3) is 0.694. The molecule has 0 aliphatic rings. The molecular formula is C49H80O4S. The number of hydrogen-bond acceptors (Lipinski definition) is 5. The number of hydrogen-bond donors (Lipinski definition) is 0. The van der Waals surface area contributed by atoms with Crippen LogP contribution in [-0.2, 0) is 0 Å². The van der Waals surface area contributed by atoms with E-state index in [-0.39, 0.29) is 10.5 Å². The Kier molecular flexibility index (Phi) is 27.2. The van der Waals surface area contributed by atoms with Crippen molar-refractivity contribution in [1.29, 1.82) is 0 Å². The Morgan fingerprint density at radius 2 is 0.907 bits per heavy atom. The van der Waals surface area contributed by atoms with Crippen molar-refractivity contribution in [3.63, 3.8) is 0 Å². The number of benzene rings is 2. The van der Waals surface area contributed by atoms with Crippen molar-refractivity contribution in [3.05, 3.63) is 53.6 Å². The van der Waals surface area contributed by atoms with E-state index in [1.165, 1.54) is 120 Å². The molecule has 0 aliphatic carbocycles. The zero-order chi connectivity index (χ0) is 39.1. The minimum Gasteiger partial charge on any atom is -0.490 e. The number of ether oxygens (including phenoxy) is 3. The average Bonchev–Trinajstić information content (AvgIpc) is 3.15. The zero-order valence-corrected chi connectivity index (χ0v) is 36.6. The summed E-state index contributed by atoms with van der Waals surface area (Å²) in [6.45, 7) is 15.3. The molecule has 0 atom stereocenters. The van der Waals surface area contributed by atoms with Crippen molar-refractivity contribution >= 4 is 23.6 Å². The van der Waals surface area contributed by atoms with Gasteiger partial charge in [0.1, 0.15) is 0 Å². The van der Waals surface area contributed by atoms with Crippen LogP contribution in [0.1, 0.15) is 212 Å². The highest BCUT2D eigenvalue weighted by Crippen LogP contribution is 2.40. The Hall–Kier alpha value is -2.40. The SMILES string of the molecule is CCCCCCCCCCOc1cc(C(=O)C=Cc2ccc(SC(C)(C)C)cc2)cc(OCCCCCCCCCC)c1OCCCCCCCCCC. The van der Waals surface area contributed by atoms with Crippen LogP contribution >= 0.6 is 11.8 Å². The zero-order valence-electron chi connectivity index (χ0n) is 35.8.